The molecule has 0 aliphatic carbocycles. The van der Waals surface area contributed by atoms with Gasteiger partial charge < -0.3 is 10.2 Å². The van der Waals surface area contributed by atoms with Crippen LogP contribution >= 0.6 is 11.6 Å². The molecule has 0 aliphatic heterocycles. The lowest BCUT2D eigenvalue weighted by molar-refractivity contribution is -0.141. The standard InChI is InChI=1S/C33H42ClN3O4S/c1-24(2)22-35-33(39)31(21-27-11-7-6-8-12-27)36(23-28-18-16-25(3)17-19-28)32(38)15-10-20-37(42(5,40)41)30-14-9-13-29(34)26(30)4/h6-9,11-14,16-19,24,31H,10,15,20-23H2,1-5H3,(H,35,39)/t31-/m0/s1. The van der Waals surface area contributed by atoms with E-state index in [0.29, 0.717) is 29.2 Å². The third kappa shape index (κ3) is 9.60. The van der Waals surface area contributed by atoms with Crippen LogP contribution in [-0.4, -0.2) is 50.5 Å². The van der Waals surface area contributed by atoms with Crippen LogP contribution in [0.3, 0.4) is 0 Å². The number of sulfonamides is 1. The van der Waals surface area contributed by atoms with Crippen molar-refractivity contribution in [1.82, 2.24) is 10.2 Å². The van der Waals surface area contributed by atoms with Crippen molar-refractivity contribution in [3.8, 4) is 0 Å². The summed E-state index contributed by atoms with van der Waals surface area (Å²) in [7, 11) is -3.63. The van der Waals surface area contributed by atoms with Crippen molar-refractivity contribution in [2.24, 2.45) is 5.92 Å². The molecule has 9 heteroatoms. The Bertz CT molecular complexity index is 1440. The highest BCUT2D eigenvalue weighted by Crippen LogP contribution is 2.28. The number of benzene rings is 3. The molecule has 42 heavy (non-hydrogen) atoms. The van der Waals surface area contributed by atoms with Gasteiger partial charge in [0.25, 0.3) is 0 Å². The Labute approximate surface area is 255 Å². The van der Waals surface area contributed by atoms with E-state index in [2.05, 4.69) is 5.32 Å². The molecule has 0 fully saturated rings. The quantitative estimate of drug-likeness (QED) is 0.245. The molecule has 0 saturated carbocycles. The van der Waals surface area contributed by atoms with E-state index in [9.17, 15) is 18.0 Å². The summed E-state index contributed by atoms with van der Waals surface area (Å²) in [5.41, 5.74) is 4.11. The Morgan fingerprint density at radius 2 is 1.57 bits per heavy atom. The molecule has 0 aromatic heterocycles. The minimum Gasteiger partial charge on any atom is -0.354 e. The largest absolute Gasteiger partial charge is 0.354 e. The van der Waals surface area contributed by atoms with E-state index in [-0.39, 0.29) is 43.7 Å². The summed E-state index contributed by atoms with van der Waals surface area (Å²) in [5, 5.41) is 3.50. The molecule has 0 aliphatic rings. The molecule has 0 radical (unpaired) electrons. The zero-order chi connectivity index (χ0) is 30.9. The Hall–Kier alpha value is -3.36. The summed E-state index contributed by atoms with van der Waals surface area (Å²) in [6, 6.07) is 22.0. The van der Waals surface area contributed by atoms with Crippen molar-refractivity contribution in [1.29, 1.82) is 0 Å². The number of nitrogens with one attached hydrogen (secondary N) is 1. The summed E-state index contributed by atoms with van der Waals surface area (Å²) in [6.07, 6.45) is 1.85. The number of anilines is 1. The number of nitrogens with zero attached hydrogens (tertiary/aromatic N) is 2. The Morgan fingerprint density at radius 1 is 0.905 bits per heavy atom. The van der Waals surface area contributed by atoms with Gasteiger partial charge in [0.1, 0.15) is 6.04 Å². The van der Waals surface area contributed by atoms with Crippen LogP contribution in [-0.2, 0) is 32.6 Å². The van der Waals surface area contributed by atoms with E-state index in [4.69, 9.17) is 11.6 Å². The molecule has 0 unspecified atom stereocenters. The van der Waals surface area contributed by atoms with E-state index in [1.54, 1.807) is 30.0 Å². The van der Waals surface area contributed by atoms with Gasteiger partial charge in [0.15, 0.2) is 0 Å². The summed E-state index contributed by atoms with van der Waals surface area (Å²) in [6.45, 7) is 8.68. The Morgan fingerprint density at radius 3 is 2.19 bits per heavy atom. The fraction of sp³-hybridized carbons (Fsp3) is 0.394. The van der Waals surface area contributed by atoms with Crippen LogP contribution in [0.5, 0.6) is 0 Å². The first-order valence-electron chi connectivity index (χ1n) is 14.3. The van der Waals surface area contributed by atoms with Crippen LogP contribution in [0.1, 0.15) is 48.9 Å². The topological polar surface area (TPSA) is 86.8 Å². The predicted octanol–water partition coefficient (Wildman–Crippen LogP) is 5.92. The maximum atomic E-state index is 13.9. The highest BCUT2D eigenvalue weighted by Gasteiger charge is 2.30. The monoisotopic (exact) mass is 611 g/mol. The molecule has 226 valence electrons. The normalized spacial score (nSPS) is 12.2. The molecule has 3 rings (SSSR count). The van der Waals surface area contributed by atoms with Crippen LogP contribution < -0.4 is 9.62 Å². The number of carbonyl (C=O) groups excluding carboxylic acids is 2. The lowest BCUT2D eigenvalue weighted by atomic mass is 10.0. The second kappa shape index (κ2) is 15.2. The molecule has 1 atom stereocenters. The lowest BCUT2D eigenvalue weighted by Crippen LogP contribution is -2.51. The van der Waals surface area contributed by atoms with Gasteiger partial charge in [0, 0.05) is 37.5 Å². The highest BCUT2D eigenvalue weighted by atomic mass is 35.5. The molecular formula is C33H42ClN3O4S. The fourth-order valence-corrected chi connectivity index (χ4v) is 5.90. The second-order valence-corrected chi connectivity index (χ2v) is 13.5. The first-order chi connectivity index (χ1) is 19.9. The number of hydrogen-bond donors (Lipinski definition) is 1. The van der Waals surface area contributed by atoms with Crippen LogP contribution in [0.15, 0.2) is 72.8 Å². The maximum absolute atomic E-state index is 13.9. The molecule has 0 heterocycles. The molecular weight excluding hydrogens is 570 g/mol. The maximum Gasteiger partial charge on any atom is 0.243 e. The van der Waals surface area contributed by atoms with Gasteiger partial charge in [-0.05, 0) is 55.0 Å². The molecule has 0 saturated heterocycles. The number of rotatable bonds is 14. The molecule has 0 bridgehead atoms. The number of hydrogen-bond acceptors (Lipinski definition) is 4. The van der Waals surface area contributed by atoms with Crippen LogP contribution in [0.4, 0.5) is 5.69 Å². The summed E-state index contributed by atoms with van der Waals surface area (Å²) in [5.74, 6) is -0.169. The lowest BCUT2D eigenvalue weighted by Gasteiger charge is -2.32. The average Bonchev–Trinajstić information content (AvgIpc) is 2.94. The molecule has 7 nitrogen and oxygen atoms in total. The minimum absolute atomic E-state index is 0.0697. The van der Waals surface area contributed by atoms with Crippen molar-refractivity contribution in [2.45, 2.75) is 59.5 Å². The highest BCUT2D eigenvalue weighted by molar-refractivity contribution is 7.92. The van der Waals surface area contributed by atoms with Crippen molar-refractivity contribution >= 4 is 39.1 Å². The van der Waals surface area contributed by atoms with Crippen molar-refractivity contribution in [3.63, 3.8) is 0 Å². The van der Waals surface area contributed by atoms with Gasteiger partial charge in [-0.2, -0.15) is 0 Å². The van der Waals surface area contributed by atoms with Crippen LogP contribution in [0, 0.1) is 19.8 Å². The summed E-state index contributed by atoms with van der Waals surface area (Å²) < 4.78 is 26.8. The first-order valence-corrected chi connectivity index (χ1v) is 16.5. The van der Waals surface area contributed by atoms with E-state index >= 15 is 0 Å². The number of carbonyl (C=O) groups is 2. The number of amides is 2. The van der Waals surface area contributed by atoms with Gasteiger partial charge in [-0.1, -0.05) is 91.7 Å². The molecule has 1 N–H and O–H groups in total. The number of aryl methyl sites for hydroxylation is 1. The predicted molar refractivity (Wildman–Crippen MR) is 171 cm³/mol. The van der Waals surface area contributed by atoms with Gasteiger partial charge in [0.05, 0.1) is 11.9 Å². The third-order valence-electron chi connectivity index (χ3n) is 7.09. The first kappa shape index (κ1) is 33.1. The van der Waals surface area contributed by atoms with Crippen molar-refractivity contribution in [2.75, 3.05) is 23.7 Å². The van der Waals surface area contributed by atoms with Gasteiger partial charge in [-0.3, -0.25) is 13.9 Å². The van der Waals surface area contributed by atoms with E-state index in [0.717, 1.165) is 22.9 Å². The fourth-order valence-electron chi connectivity index (χ4n) is 4.72. The van der Waals surface area contributed by atoms with Gasteiger partial charge in [-0.25, -0.2) is 8.42 Å². The Kier molecular flexibility index (Phi) is 12.0. The zero-order valence-corrected chi connectivity index (χ0v) is 26.7. The Balaban J connectivity index is 1.89. The summed E-state index contributed by atoms with van der Waals surface area (Å²) in [4.78, 5) is 29.2. The van der Waals surface area contributed by atoms with E-state index in [1.807, 2.05) is 75.4 Å². The molecule has 2 amide bonds. The summed E-state index contributed by atoms with van der Waals surface area (Å²) >= 11 is 6.28. The van der Waals surface area contributed by atoms with Crippen molar-refractivity contribution in [3.05, 3.63) is 100 Å². The minimum atomic E-state index is -3.63. The molecule has 3 aromatic carbocycles. The number of halogens is 1. The van der Waals surface area contributed by atoms with Gasteiger partial charge in [0.2, 0.25) is 21.8 Å². The average molecular weight is 612 g/mol. The zero-order valence-electron chi connectivity index (χ0n) is 25.1. The van der Waals surface area contributed by atoms with Crippen molar-refractivity contribution < 1.29 is 18.0 Å². The third-order valence-corrected chi connectivity index (χ3v) is 8.68. The van der Waals surface area contributed by atoms with E-state index < -0.39 is 16.1 Å². The molecule has 0 spiro atoms. The smallest absolute Gasteiger partial charge is 0.243 e. The van der Waals surface area contributed by atoms with Crippen LogP contribution in [0.25, 0.3) is 0 Å². The molecule has 3 aromatic rings. The SMILES string of the molecule is Cc1ccc(CN(C(=O)CCCN(c2cccc(Cl)c2C)S(C)(=O)=O)[C@@H](Cc2ccccc2)C(=O)NCC(C)C)cc1. The van der Waals surface area contributed by atoms with Gasteiger partial charge in [-0.15, -0.1) is 0 Å². The van der Waals surface area contributed by atoms with Gasteiger partial charge >= 0.3 is 0 Å². The second-order valence-electron chi connectivity index (χ2n) is 11.2. The van der Waals surface area contributed by atoms with Crippen LogP contribution in [0.2, 0.25) is 5.02 Å². The van der Waals surface area contributed by atoms with E-state index in [1.165, 1.54) is 4.31 Å².